The van der Waals surface area contributed by atoms with E-state index in [0.717, 1.165) is 43.6 Å². The van der Waals surface area contributed by atoms with Gasteiger partial charge in [-0.25, -0.2) is 9.97 Å². The Morgan fingerprint density at radius 2 is 0.694 bits per heavy atom. The highest BCUT2D eigenvalue weighted by atomic mass is 31.2. The zero-order valence-electron chi connectivity index (χ0n) is 19.7. The van der Waals surface area contributed by atoms with Crippen LogP contribution in [0.2, 0.25) is 0 Å². The van der Waals surface area contributed by atoms with Gasteiger partial charge in [-0.1, -0.05) is 109 Å². The Labute approximate surface area is 209 Å². The first-order chi connectivity index (χ1) is 17.7. The topological polar surface area (TPSA) is 25.8 Å². The van der Waals surface area contributed by atoms with Crippen LogP contribution in [0, 0.1) is 0 Å². The van der Waals surface area contributed by atoms with Crippen molar-refractivity contribution in [3.8, 4) is 0 Å². The highest BCUT2D eigenvalue weighted by molar-refractivity contribution is 7.94. The Hall–Kier alpha value is -4.26. The lowest BCUT2D eigenvalue weighted by Crippen LogP contribution is -2.28. The van der Waals surface area contributed by atoms with E-state index in [1.165, 1.54) is 15.9 Å². The number of hydrogen-bond donors (Lipinski definition) is 0. The number of aromatic nitrogens is 2. The molecule has 0 atom stereocenters. The maximum absolute atomic E-state index is 5.24. The van der Waals surface area contributed by atoms with Gasteiger partial charge in [0.1, 0.15) is 0 Å². The van der Waals surface area contributed by atoms with E-state index in [-0.39, 0.29) is 0 Å². The summed E-state index contributed by atoms with van der Waals surface area (Å²) in [6, 6.07) is 44.8. The van der Waals surface area contributed by atoms with Crippen LogP contribution in [0.3, 0.4) is 0 Å². The van der Waals surface area contributed by atoms with Crippen molar-refractivity contribution in [3.63, 3.8) is 0 Å². The maximum Gasteiger partial charge on any atom is 0.0716 e. The molecule has 0 aliphatic rings. The molecule has 36 heavy (non-hydrogen) atoms. The lowest BCUT2D eigenvalue weighted by Gasteiger charge is -2.31. The Kier molecular flexibility index (Phi) is 4.77. The second kappa shape index (κ2) is 8.16. The second-order valence-electron chi connectivity index (χ2n) is 9.13. The number of rotatable bonds is 3. The summed E-state index contributed by atoms with van der Waals surface area (Å²) >= 11 is 0. The summed E-state index contributed by atoms with van der Waals surface area (Å²) in [5.41, 5.74) is 3.99. The van der Waals surface area contributed by atoms with Gasteiger partial charge in [0.25, 0.3) is 0 Å². The molecule has 0 aliphatic heterocycles. The number of nitrogens with zero attached hydrogens (tertiary/aromatic N) is 2. The summed E-state index contributed by atoms with van der Waals surface area (Å²) in [6.07, 6.45) is 5.24. The van der Waals surface area contributed by atoms with E-state index in [0.29, 0.717) is 0 Å². The standard InChI is InChI=1S/C33H23N2P/c1-36(23-13-3-2-4-14-23,32-24-15-5-9-19-28(24)34-29-20-10-6-16-25(29)32)33-26-17-7-11-21-30(26)35-31-22-12-8-18-27(31)33/h2-22H,1H2. The van der Waals surface area contributed by atoms with Gasteiger partial charge in [0.05, 0.1) is 22.1 Å². The van der Waals surface area contributed by atoms with E-state index in [1.807, 2.05) is 0 Å². The first-order valence-electron chi connectivity index (χ1n) is 12.1. The first kappa shape index (κ1) is 21.1. The lowest BCUT2D eigenvalue weighted by molar-refractivity contribution is 1.50. The molecule has 0 fully saturated rings. The van der Waals surface area contributed by atoms with Crippen LogP contribution in [0.1, 0.15) is 0 Å². The van der Waals surface area contributed by atoms with E-state index in [1.54, 1.807) is 0 Å². The van der Waals surface area contributed by atoms with Gasteiger partial charge in [0, 0.05) is 32.2 Å². The molecule has 0 aliphatic carbocycles. The summed E-state index contributed by atoms with van der Waals surface area (Å²) in [5.74, 6) is 0. The number of para-hydroxylation sites is 4. The molecular weight excluding hydrogens is 455 g/mol. The van der Waals surface area contributed by atoms with Crippen LogP contribution < -0.4 is 15.9 Å². The van der Waals surface area contributed by atoms with E-state index in [9.17, 15) is 0 Å². The Morgan fingerprint density at radius 1 is 0.389 bits per heavy atom. The fourth-order valence-corrected chi connectivity index (χ4v) is 9.33. The summed E-state index contributed by atoms with van der Waals surface area (Å²) < 4.78 is 0. The number of hydrogen-bond acceptors (Lipinski definition) is 2. The zero-order valence-corrected chi connectivity index (χ0v) is 20.6. The predicted molar refractivity (Wildman–Crippen MR) is 158 cm³/mol. The number of pyridine rings is 2. The van der Waals surface area contributed by atoms with Gasteiger partial charge < -0.3 is 0 Å². The van der Waals surface area contributed by atoms with Crippen LogP contribution in [-0.4, -0.2) is 16.3 Å². The van der Waals surface area contributed by atoms with E-state index >= 15 is 0 Å². The minimum absolute atomic E-state index is 0.998. The van der Waals surface area contributed by atoms with Gasteiger partial charge in [0.2, 0.25) is 0 Å². The van der Waals surface area contributed by atoms with Crippen molar-refractivity contribution in [3.05, 3.63) is 127 Å². The number of fused-ring (bicyclic) bond motifs is 4. The van der Waals surface area contributed by atoms with E-state index in [2.05, 4.69) is 127 Å². The van der Waals surface area contributed by atoms with Crippen LogP contribution >= 0.6 is 6.89 Å². The molecule has 2 aromatic heterocycles. The van der Waals surface area contributed by atoms with Gasteiger partial charge in [0.15, 0.2) is 0 Å². The molecule has 0 amide bonds. The van der Waals surface area contributed by atoms with Crippen molar-refractivity contribution in [2.24, 2.45) is 0 Å². The minimum Gasteiger partial charge on any atom is -0.248 e. The maximum atomic E-state index is 5.24. The largest absolute Gasteiger partial charge is 0.248 e. The molecule has 2 heterocycles. The Morgan fingerprint density at radius 3 is 1.06 bits per heavy atom. The second-order valence-corrected chi connectivity index (χ2v) is 12.2. The molecule has 0 spiro atoms. The molecular formula is C33H23N2P. The van der Waals surface area contributed by atoms with Gasteiger partial charge in [-0.3, -0.25) is 0 Å². The molecule has 7 rings (SSSR count). The molecule has 3 heteroatoms. The summed E-state index contributed by atoms with van der Waals surface area (Å²) in [7, 11) is 0. The SMILES string of the molecule is C=P(c1ccccc1)(c1c2ccccc2nc2ccccc12)c1c2ccccc2nc2ccccc12. The van der Waals surface area contributed by atoms with Crippen molar-refractivity contribution in [1.82, 2.24) is 9.97 Å². The molecule has 0 saturated carbocycles. The fraction of sp³-hybridized carbons (Fsp3) is 0. The molecule has 0 bridgehead atoms. The van der Waals surface area contributed by atoms with Gasteiger partial charge in [-0.2, -0.15) is 0 Å². The third-order valence-electron chi connectivity index (χ3n) is 7.08. The van der Waals surface area contributed by atoms with Crippen LogP contribution in [-0.2, 0) is 0 Å². The fourth-order valence-electron chi connectivity index (χ4n) is 5.51. The monoisotopic (exact) mass is 478 g/mol. The van der Waals surface area contributed by atoms with Gasteiger partial charge in [-0.15, -0.1) is 0 Å². The number of benzene rings is 5. The minimum atomic E-state index is -2.44. The van der Waals surface area contributed by atoms with Gasteiger partial charge in [-0.05, 0) is 36.5 Å². The van der Waals surface area contributed by atoms with Gasteiger partial charge >= 0.3 is 0 Å². The lowest BCUT2D eigenvalue weighted by atomic mass is 10.1. The zero-order chi connectivity index (χ0) is 24.1. The van der Waals surface area contributed by atoms with Crippen molar-refractivity contribution in [2.75, 3.05) is 0 Å². The van der Waals surface area contributed by atoms with Crippen molar-refractivity contribution >= 4 is 72.7 Å². The molecule has 0 radical (unpaired) electrons. The summed E-state index contributed by atoms with van der Waals surface area (Å²) in [6.45, 7) is -2.44. The van der Waals surface area contributed by atoms with Crippen LogP contribution in [0.25, 0.3) is 43.6 Å². The van der Waals surface area contributed by atoms with Crippen LogP contribution in [0.4, 0.5) is 0 Å². The Bertz CT molecular complexity index is 1740. The van der Waals surface area contributed by atoms with E-state index < -0.39 is 6.89 Å². The highest BCUT2D eigenvalue weighted by Gasteiger charge is 2.30. The molecule has 2 nitrogen and oxygen atoms in total. The highest BCUT2D eigenvalue weighted by Crippen LogP contribution is 2.49. The molecule has 0 N–H and O–H groups in total. The predicted octanol–water partition coefficient (Wildman–Crippen LogP) is 6.82. The first-order valence-corrected chi connectivity index (χ1v) is 14.1. The Balaban J connectivity index is 1.79. The van der Waals surface area contributed by atoms with Crippen molar-refractivity contribution in [2.45, 2.75) is 0 Å². The van der Waals surface area contributed by atoms with E-state index in [4.69, 9.17) is 16.3 Å². The van der Waals surface area contributed by atoms with Crippen molar-refractivity contribution < 1.29 is 0 Å². The van der Waals surface area contributed by atoms with Crippen molar-refractivity contribution in [1.29, 1.82) is 0 Å². The van der Waals surface area contributed by atoms with Crippen LogP contribution in [0.15, 0.2) is 127 Å². The normalized spacial score (nSPS) is 12.0. The molecule has 170 valence electrons. The third-order valence-corrected chi connectivity index (χ3v) is 10.7. The quantitative estimate of drug-likeness (QED) is 0.206. The van der Waals surface area contributed by atoms with Crippen LogP contribution in [0.5, 0.6) is 0 Å². The molecule has 7 aromatic rings. The third kappa shape index (κ3) is 3.05. The molecule has 5 aromatic carbocycles. The average Bonchev–Trinajstić information content (AvgIpc) is 2.94. The average molecular weight is 479 g/mol. The summed E-state index contributed by atoms with van der Waals surface area (Å²) in [5, 5.41) is 8.43. The molecule has 0 saturated heterocycles. The summed E-state index contributed by atoms with van der Waals surface area (Å²) in [4.78, 5) is 10.1. The smallest absolute Gasteiger partial charge is 0.0716 e. The molecule has 0 unspecified atom stereocenters.